The standard InChI is InChI=1S/C24H24N4O2.ClH/c1-27-14-20-12-17(13-25-24(20)26-22(29)16-27)10-11-23(30)28(2)15-19-8-5-7-18-6-3-4-9-21(18)19;/h3-13H,14-16H2,1-2H3,(H,25,26,29);1H. The van der Waals surface area contributed by atoms with Crippen molar-refractivity contribution in [1.82, 2.24) is 14.8 Å². The van der Waals surface area contributed by atoms with Crippen molar-refractivity contribution in [2.45, 2.75) is 13.1 Å². The topological polar surface area (TPSA) is 65.5 Å². The molecule has 0 saturated carbocycles. The Morgan fingerprint density at radius 3 is 2.81 bits per heavy atom. The molecule has 2 amide bonds. The number of pyridine rings is 1. The molecule has 0 aliphatic carbocycles. The number of halogens is 1. The molecule has 1 N–H and O–H groups in total. The molecule has 7 heteroatoms. The predicted molar refractivity (Wildman–Crippen MR) is 126 cm³/mol. The first-order valence-corrected chi connectivity index (χ1v) is 9.87. The van der Waals surface area contributed by atoms with E-state index in [1.807, 2.05) is 36.2 Å². The van der Waals surface area contributed by atoms with Gasteiger partial charge in [-0.2, -0.15) is 0 Å². The van der Waals surface area contributed by atoms with E-state index >= 15 is 0 Å². The minimum atomic E-state index is -0.0803. The van der Waals surface area contributed by atoms with Gasteiger partial charge in [-0.15, -0.1) is 12.4 Å². The molecule has 0 atom stereocenters. The number of hydrogen-bond donors (Lipinski definition) is 1. The molecule has 1 aromatic heterocycles. The van der Waals surface area contributed by atoms with Gasteiger partial charge in [0.05, 0.1) is 6.54 Å². The number of amides is 2. The highest BCUT2D eigenvalue weighted by Crippen LogP contribution is 2.21. The Hall–Kier alpha value is -3.22. The van der Waals surface area contributed by atoms with E-state index in [0.717, 1.165) is 22.1 Å². The largest absolute Gasteiger partial charge is 0.338 e. The molecule has 0 radical (unpaired) electrons. The first-order valence-electron chi connectivity index (χ1n) is 9.87. The van der Waals surface area contributed by atoms with Gasteiger partial charge < -0.3 is 10.2 Å². The number of carbonyl (C=O) groups excluding carboxylic acids is 2. The predicted octanol–water partition coefficient (Wildman–Crippen LogP) is 3.71. The molecule has 0 spiro atoms. The molecule has 1 aliphatic heterocycles. The van der Waals surface area contributed by atoms with Crippen LogP contribution in [0.5, 0.6) is 0 Å². The summed E-state index contributed by atoms with van der Waals surface area (Å²) in [4.78, 5) is 32.4. The van der Waals surface area contributed by atoms with Gasteiger partial charge in [0, 0.05) is 38.0 Å². The first kappa shape index (κ1) is 22.5. The SMILES string of the molecule is CN1CC(=O)Nc2ncc(C=CC(=O)N(C)Cc3cccc4ccccc34)cc2C1.Cl. The molecule has 0 fully saturated rings. The Labute approximate surface area is 188 Å². The van der Waals surface area contributed by atoms with Crippen molar-refractivity contribution < 1.29 is 9.59 Å². The summed E-state index contributed by atoms with van der Waals surface area (Å²) in [5.74, 6) is 0.432. The third-order valence-electron chi connectivity index (χ3n) is 5.18. The number of nitrogens with zero attached hydrogens (tertiary/aromatic N) is 3. The monoisotopic (exact) mass is 436 g/mol. The summed E-state index contributed by atoms with van der Waals surface area (Å²) in [6.07, 6.45) is 4.99. The number of benzene rings is 2. The van der Waals surface area contributed by atoms with E-state index in [1.165, 1.54) is 5.39 Å². The molecule has 0 bridgehead atoms. The van der Waals surface area contributed by atoms with Crippen molar-refractivity contribution >= 4 is 46.9 Å². The number of aromatic nitrogens is 1. The Balaban J connectivity index is 0.00000272. The summed E-state index contributed by atoms with van der Waals surface area (Å²) in [6.45, 7) is 1.49. The van der Waals surface area contributed by atoms with Gasteiger partial charge in [-0.3, -0.25) is 14.5 Å². The normalized spacial score (nSPS) is 13.9. The van der Waals surface area contributed by atoms with Crippen LogP contribution in [-0.4, -0.2) is 47.2 Å². The van der Waals surface area contributed by atoms with Gasteiger partial charge >= 0.3 is 0 Å². The van der Waals surface area contributed by atoms with E-state index < -0.39 is 0 Å². The quantitative estimate of drug-likeness (QED) is 0.633. The first-order chi connectivity index (χ1) is 14.5. The smallest absolute Gasteiger partial charge is 0.246 e. The molecule has 2 heterocycles. The maximum absolute atomic E-state index is 12.6. The van der Waals surface area contributed by atoms with Crippen molar-refractivity contribution in [3.63, 3.8) is 0 Å². The molecule has 6 nitrogen and oxygen atoms in total. The summed E-state index contributed by atoms with van der Waals surface area (Å²) in [5, 5.41) is 5.14. The van der Waals surface area contributed by atoms with E-state index in [9.17, 15) is 9.59 Å². The Morgan fingerprint density at radius 1 is 1.19 bits per heavy atom. The molecule has 3 aromatic rings. The van der Waals surface area contributed by atoms with Gasteiger partial charge in [0.15, 0.2) is 0 Å². The summed E-state index contributed by atoms with van der Waals surface area (Å²) in [5.41, 5.74) is 2.87. The Morgan fingerprint density at radius 2 is 1.97 bits per heavy atom. The van der Waals surface area contributed by atoms with Crippen LogP contribution in [0.3, 0.4) is 0 Å². The Kier molecular flexibility index (Phi) is 7.05. The number of fused-ring (bicyclic) bond motifs is 2. The summed E-state index contributed by atoms with van der Waals surface area (Å²) < 4.78 is 0. The minimum absolute atomic E-state index is 0. The van der Waals surface area contributed by atoms with Gasteiger partial charge in [-0.05, 0) is 41.1 Å². The van der Waals surface area contributed by atoms with Crippen molar-refractivity contribution in [2.24, 2.45) is 0 Å². The van der Waals surface area contributed by atoms with Gasteiger partial charge in [0.25, 0.3) is 0 Å². The molecule has 0 unspecified atom stereocenters. The van der Waals surface area contributed by atoms with Gasteiger partial charge in [-0.1, -0.05) is 42.5 Å². The fourth-order valence-electron chi connectivity index (χ4n) is 3.68. The average molecular weight is 437 g/mol. The number of carbonyl (C=O) groups is 2. The highest BCUT2D eigenvalue weighted by atomic mass is 35.5. The third-order valence-corrected chi connectivity index (χ3v) is 5.18. The second kappa shape index (κ2) is 9.73. The lowest BCUT2D eigenvalue weighted by Crippen LogP contribution is -2.26. The van der Waals surface area contributed by atoms with Crippen molar-refractivity contribution in [2.75, 3.05) is 26.0 Å². The van der Waals surface area contributed by atoms with E-state index in [4.69, 9.17) is 0 Å². The Bertz CT molecular complexity index is 1140. The number of hydrogen-bond acceptors (Lipinski definition) is 4. The third kappa shape index (κ3) is 5.29. The van der Waals surface area contributed by atoms with Crippen LogP contribution in [0, 0.1) is 0 Å². The van der Waals surface area contributed by atoms with E-state index in [1.54, 1.807) is 30.3 Å². The molecule has 1 aliphatic rings. The van der Waals surface area contributed by atoms with Gasteiger partial charge in [0.1, 0.15) is 5.82 Å². The van der Waals surface area contributed by atoms with Crippen LogP contribution in [-0.2, 0) is 22.7 Å². The molecule has 0 saturated heterocycles. The summed E-state index contributed by atoms with van der Waals surface area (Å²) in [6, 6.07) is 16.3. The van der Waals surface area contributed by atoms with Crippen LogP contribution in [0.1, 0.15) is 16.7 Å². The fourth-order valence-corrected chi connectivity index (χ4v) is 3.68. The van der Waals surface area contributed by atoms with E-state index in [-0.39, 0.29) is 24.2 Å². The molecular weight excluding hydrogens is 412 g/mol. The van der Waals surface area contributed by atoms with Crippen LogP contribution in [0.4, 0.5) is 5.82 Å². The van der Waals surface area contributed by atoms with Crippen LogP contribution in [0.2, 0.25) is 0 Å². The number of nitrogens with one attached hydrogen (secondary N) is 1. The van der Waals surface area contributed by atoms with Gasteiger partial charge in [0.2, 0.25) is 11.8 Å². The number of anilines is 1. The fraction of sp³-hybridized carbons (Fsp3) is 0.208. The summed E-state index contributed by atoms with van der Waals surface area (Å²) >= 11 is 0. The molecule has 31 heavy (non-hydrogen) atoms. The maximum Gasteiger partial charge on any atom is 0.246 e. The van der Waals surface area contributed by atoms with E-state index in [2.05, 4.69) is 34.6 Å². The van der Waals surface area contributed by atoms with Crippen LogP contribution >= 0.6 is 12.4 Å². The zero-order valence-electron chi connectivity index (χ0n) is 17.5. The zero-order valence-corrected chi connectivity index (χ0v) is 18.4. The second-order valence-electron chi connectivity index (χ2n) is 7.66. The second-order valence-corrected chi connectivity index (χ2v) is 7.66. The minimum Gasteiger partial charge on any atom is -0.338 e. The van der Waals surface area contributed by atoms with Crippen LogP contribution < -0.4 is 5.32 Å². The van der Waals surface area contributed by atoms with Crippen molar-refractivity contribution in [3.8, 4) is 0 Å². The van der Waals surface area contributed by atoms with Crippen LogP contribution in [0.15, 0.2) is 60.8 Å². The highest BCUT2D eigenvalue weighted by molar-refractivity contribution is 5.94. The average Bonchev–Trinajstić information content (AvgIpc) is 2.88. The molecule has 4 rings (SSSR count). The lowest BCUT2D eigenvalue weighted by molar-refractivity contribution is -0.125. The van der Waals surface area contributed by atoms with E-state index in [0.29, 0.717) is 25.5 Å². The van der Waals surface area contributed by atoms with Crippen LogP contribution in [0.25, 0.3) is 16.8 Å². The number of likely N-dealkylation sites (N-methyl/N-ethyl adjacent to an activating group) is 2. The van der Waals surface area contributed by atoms with Crippen molar-refractivity contribution in [1.29, 1.82) is 0 Å². The highest BCUT2D eigenvalue weighted by Gasteiger charge is 2.17. The van der Waals surface area contributed by atoms with Crippen molar-refractivity contribution in [3.05, 3.63) is 77.5 Å². The molecular formula is C24H25ClN4O2. The molecule has 160 valence electrons. The van der Waals surface area contributed by atoms with Gasteiger partial charge in [-0.25, -0.2) is 4.98 Å². The zero-order chi connectivity index (χ0) is 21.1. The lowest BCUT2D eigenvalue weighted by atomic mass is 10.0. The molecule has 2 aromatic carbocycles. The maximum atomic E-state index is 12.6. The summed E-state index contributed by atoms with van der Waals surface area (Å²) in [7, 11) is 3.69. The lowest BCUT2D eigenvalue weighted by Gasteiger charge is -2.17. The number of rotatable bonds is 4.